The fourth-order valence-corrected chi connectivity index (χ4v) is 0.913. The summed E-state index contributed by atoms with van der Waals surface area (Å²) < 4.78 is 0. The largest absolute Gasteiger partial charge is 0.478 e. The van der Waals surface area contributed by atoms with Gasteiger partial charge in [0.1, 0.15) is 0 Å². The normalized spacial score (nSPS) is 9.62. The van der Waals surface area contributed by atoms with E-state index in [1.54, 1.807) is 0 Å². The number of carboxylic acid groups (broad SMARTS) is 1. The summed E-state index contributed by atoms with van der Waals surface area (Å²) in [7, 11) is 0. The summed E-state index contributed by atoms with van der Waals surface area (Å²) in [5, 5.41) is 8.69. The van der Waals surface area contributed by atoms with Crippen molar-refractivity contribution in [1.29, 1.82) is 0 Å². The minimum Gasteiger partial charge on any atom is -0.478 e. The maximum Gasteiger partial charge on any atom is 0.336 e. The number of aromatic carboxylic acids is 1. The first-order valence-electron chi connectivity index (χ1n) is 3.57. The van der Waals surface area contributed by atoms with E-state index in [1.165, 1.54) is 18.5 Å². The maximum atomic E-state index is 11.1. The van der Waals surface area contributed by atoms with Crippen LogP contribution in [0.5, 0.6) is 0 Å². The van der Waals surface area contributed by atoms with E-state index in [2.05, 4.69) is 4.98 Å². The van der Waals surface area contributed by atoms with Crippen LogP contribution >= 0.6 is 0 Å². The van der Waals surface area contributed by atoms with Gasteiger partial charge in [-0.1, -0.05) is 0 Å². The molecule has 13 heavy (non-hydrogen) atoms. The number of carboxylic acids is 1. The van der Waals surface area contributed by atoms with Crippen molar-refractivity contribution in [3.05, 3.63) is 29.6 Å². The van der Waals surface area contributed by atoms with Crippen molar-refractivity contribution in [2.45, 2.75) is 0 Å². The van der Waals surface area contributed by atoms with Crippen LogP contribution in [0, 0.1) is 0 Å². The second-order valence-corrected chi connectivity index (χ2v) is 2.35. The third kappa shape index (κ3) is 1.88. The lowest BCUT2D eigenvalue weighted by Gasteiger charge is -2.01. The molecule has 68 valence electrons. The van der Waals surface area contributed by atoms with E-state index in [-0.39, 0.29) is 17.7 Å². The number of hydrogen-bond donors (Lipinski definition) is 2. The average molecular weight is 180 g/mol. The molecule has 3 N–H and O–H groups in total. The first-order chi connectivity index (χ1) is 6.16. The molecule has 5 heteroatoms. The van der Waals surface area contributed by atoms with Crippen molar-refractivity contribution in [2.75, 3.05) is 6.54 Å². The number of Topliss-reactive ketones (excluding diaryl/α,β-unsaturated/α-hetero) is 1. The van der Waals surface area contributed by atoms with Crippen LogP contribution in [0.1, 0.15) is 20.7 Å². The molecular formula is C8H8N2O3. The van der Waals surface area contributed by atoms with Gasteiger partial charge >= 0.3 is 5.97 Å². The standard InChI is InChI=1S/C8H8N2O3/c9-3-7(11)6-4-10-2-1-5(6)8(12)13/h1-2,4H,3,9H2,(H,12,13). The summed E-state index contributed by atoms with van der Waals surface area (Å²) in [4.78, 5) is 25.4. The molecule has 0 spiro atoms. The molecule has 0 fully saturated rings. The number of nitrogens with two attached hydrogens (primary N) is 1. The smallest absolute Gasteiger partial charge is 0.336 e. The van der Waals surface area contributed by atoms with Crippen LogP contribution in [0.15, 0.2) is 18.5 Å². The van der Waals surface area contributed by atoms with Gasteiger partial charge in [0.2, 0.25) is 0 Å². The number of rotatable bonds is 3. The fraction of sp³-hybridized carbons (Fsp3) is 0.125. The first kappa shape index (κ1) is 9.34. The molecule has 5 nitrogen and oxygen atoms in total. The highest BCUT2D eigenvalue weighted by molar-refractivity contribution is 6.06. The van der Waals surface area contributed by atoms with Crippen molar-refractivity contribution in [2.24, 2.45) is 5.73 Å². The highest BCUT2D eigenvalue weighted by Gasteiger charge is 2.14. The number of carbonyl (C=O) groups excluding carboxylic acids is 1. The lowest BCUT2D eigenvalue weighted by Crippen LogP contribution is -2.17. The molecule has 0 saturated carbocycles. The van der Waals surface area contributed by atoms with Crippen molar-refractivity contribution in [3.8, 4) is 0 Å². The molecule has 0 aliphatic rings. The number of pyridine rings is 1. The van der Waals surface area contributed by atoms with E-state index in [0.29, 0.717) is 0 Å². The molecule has 1 rings (SSSR count). The maximum absolute atomic E-state index is 11.1. The Hall–Kier alpha value is -1.75. The van der Waals surface area contributed by atoms with Crippen molar-refractivity contribution < 1.29 is 14.7 Å². The van der Waals surface area contributed by atoms with Crippen molar-refractivity contribution in [3.63, 3.8) is 0 Å². The number of nitrogens with zero attached hydrogens (tertiary/aromatic N) is 1. The molecular weight excluding hydrogens is 172 g/mol. The van der Waals surface area contributed by atoms with Crippen LogP contribution in [0.3, 0.4) is 0 Å². The van der Waals surface area contributed by atoms with E-state index < -0.39 is 11.8 Å². The molecule has 0 amide bonds. The van der Waals surface area contributed by atoms with Gasteiger partial charge in [-0.25, -0.2) is 4.79 Å². The Kier molecular flexibility index (Phi) is 2.71. The summed E-state index contributed by atoms with van der Waals surface area (Å²) in [6.45, 7) is -0.216. The van der Waals surface area contributed by atoms with Gasteiger partial charge in [0.15, 0.2) is 5.78 Å². The molecule has 0 radical (unpaired) electrons. The topological polar surface area (TPSA) is 93.3 Å². The van der Waals surface area contributed by atoms with Gasteiger partial charge in [-0.2, -0.15) is 0 Å². The highest BCUT2D eigenvalue weighted by atomic mass is 16.4. The lowest BCUT2D eigenvalue weighted by molar-refractivity contribution is 0.0692. The lowest BCUT2D eigenvalue weighted by atomic mass is 10.1. The Morgan fingerprint density at radius 2 is 2.15 bits per heavy atom. The predicted molar refractivity (Wildman–Crippen MR) is 44.6 cm³/mol. The first-order valence-corrected chi connectivity index (χ1v) is 3.57. The molecule has 1 aromatic heterocycles. The number of aromatic nitrogens is 1. The Morgan fingerprint density at radius 3 is 2.69 bits per heavy atom. The minimum atomic E-state index is -1.15. The molecule has 0 saturated heterocycles. The Labute approximate surface area is 74.2 Å². The van der Waals surface area contributed by atoms with Crippen LogP contribution in [0.4, 0.5) is 0 Å². The van der Waals surface area contributed by atoms with Crippen LogP contribution in [0.25, 0.3) is 0 Å². The van der Waals surface area contributed by atoms with E-state index >= 15 is 0 Å². The molecule has 0 aromatic carbocycles. The van der Waals surface area contributed by atoms with Gasteiger partial charge in [0.25, 0.3) is 0 Å². The van der Waals surface area contributed by atoms with Gasteiger partial charge in [0, 0.05) is 12.4 Å². The molecule has 0 unspecified atom stereocenters. The number of ketones is 1. The third-order valence-corrected chi connectivity index (χ3v) is 1.54. The van der Waals surface area contributed by atoms with Gasteiger partial charge in [-0.3, -0.25) is 9.78 Å². The Morgan fingerprint density at radius 1 is 1.46 bits per heavy atom. The van der Waals surface area contributed by atoms with Crippen LogP contribution < -0.4 is 5.73 Å². The summed E-state index contributed by atoms with van der Waals surface area (Å²) in [6.07, 6.45) is 2.52. The fourth-order valence-electron chi connectivity index (χ4n) is 0.913. The zero-order valence-electron chi connectivity index (χ0n) is 6.73. The summed E-state index contributed by atoms with van der Waals surface area (Å²) >= 11 is 0. The number of carbonyl (C=O) groups is 2. The molecule has 1 aromatic rings. The van der Waals surface area contributed by atoms with E-state index in [1.807, 2.05) is 0 Å². The molecule has 0 atom stereocenters. The Bertz CT molecular complexity index is 349. The quantitative estimate of drug-likeness (QED) is 0.634. The van der Waals surface area contributed by atoms with Crippen LogP contribution in [-0.4, -0.2) is 28.4 Å². The van der Waals surface area contributed by atoms with Crippen LogP contribution in [-0.2, 0) is 0 Å². The molecule has 0 aliphatic heterocycles. The van der Waals surface area contributed by atoms with Crippen molar-refractivity contribution in [1.82, 2.24) is 4.98 Å². The van der Waals surface area contributed by atoms with Gasteiger partial charge in [0.05, 0.1) is 17.7 Å². The second kappa shape index (κ2) is 3.77. The second-order valence-electron chi connectivity index (χ2n) is 2.35. The average Bonchev–Trinajstić information content (AvgIpc) is 2.16. The zero-order valence-corrected chi connectivity index (χ0v) is 6.73. The SMILES string of the molecule is NCC(=O)c1cnccc1C(=O)O. The third-order valence-electron chi connectivity index (χ3n) is 1.54. The summed E-state index contributed by atoms with van der Waals surface area (Å²) in [5.41, 5.74) is 5.09. The monoisotopic (exact) mass is 180 g/mol. The molecule has 0 bridgehead atoms. The number of hydrogen-bond acceptors (Lipinski definition) is 4. The van der Waals surface area contributed by atoms with Crippen molar-refractivity contribution >= 4 is 11.8 Å². The van der Waals surface area contributed by atoms with E-state index in [4.69, 9.17) is 10.8 Å². The van der Waals surface area contributed by atoms with E-state index in [0.717, 1.165) is 0 Å². The van der Waals surface area contributed by atoms with Crippen LogP contribution in [0.2, 0.25) is 0 Å². The molecule has 1 heterocycles. The van der Waals surface area contributed by atoms with E-state index in [9.17, 15) is 9.59 Å². The predicted octanol–water partition coefficient (Wildman–Crippen LogP) is -0.0788. The molecule has 0 aliphatic carbocycles. The van der Waals surface area contributed by atoms with Gasteiger partial charge < -0.3 is 10.8 Å². The van der Waals surface area contributed by atoms with Gasteiger partial charge in [-0.05, 0) is 6.07 Å². The zero-order chi connectivity index (χ0) is 9.84. The summed E-state index contributed by atoms with van der Waals surface area (Å²) in [6, 6.07) is 1.27. The van der Waals surface area contributed by atoms with Gasteiger partial charge in [-0.15, -0.1) is 0 Å². The minimum absolute atomic E-state index is 0.0532. The highest BCUT2D eigenvalue weighted by Crippen LogP contribution is 2.06. The Balaban J connectivity index is 3.19. The summed E-state index contributed by atoms with van der Waals surface area (Å²) in [5.74, 6) is -1.58.